The third-order valence-corrected chi connectivity index (χ3v) is 3.67. The van der Waals surface area contributed by atoms with Gasteiger partial charge in [-0.05, 0) is 24.8 Å². The molecular weight excluding hydrogens is 252 g/mol. The van der Waals surface area contributed by atoms with Crippen LogP contribution in [-0.2, 0) is 9.59 Å². The second-order valence-electron chi connectivity index (χ2n) is 5.31. The number of carbonyl (C=O) groups excluding carboxylic acids is 2. The second kappa shape index (κ2) is 7.08. The van der Waals surface area contributed by atoms with Crippen LogP contribution in [0, 0.1) is 0 Å². The number of carbonyl (C=O) groups is 2. The Morgan fingerprint density at radius 1 is 1.15 bits per heavy atom. The fourth-order valence-corrected chi connectivity index (χ4v) is 2.63. The number of amides is 2. The summed E-state index contributed by atoms with van der Waals surface area (Å²) in [4.78, 5) is 25.6. The van der Waals surface area contributed by atoms with Crippen LogP contribution in [0.15, 0.2) is 30.3 Å². The summed E-state index contributed by atoms with van der Waals surface area (Å²) in [7, 11) is 0. The van der Waals surface area contributed by atoms with Gasteiger partial charge in [0.2, 0.25) is 11.8 Å². The highest BCUT2D eigenvalue weighted by atomic mass is 16.2. The molecule has 1 N–H and O–H groups in total. The van der Waals surface area contributed by atoms with Crippen molar-refractivity contribution in [2.45, 2.75) is 38.6 Å². The highest BCUT2D eigenvalue weighted by Gasteiger charge is 2.22. The van der Waals surface area contributed by atoms with Crippen LogP contribution in [0.3, 0.4) is 0 Å². The van der Waals surface area contributed by atoms with Crippen molar-refractivity contribution in [2.24, 2.45) is 0 Å². The van der Waals surface area contributed by atoms with Crippen molar-refractivity contribution in [3.8, 4) is 0 Å². The fourth-order valence-electron chi connectivity index (χ4n) is 2.63. The Balaban J connectivity index is 2.03. The third-order valence-electron chi connectivity index (χ3n) is 3.67. The lowest BCUT2D eigenvalue weighted by Gasteiger charge is -2.28. The third kappa shape index (κ3) is 4.08. The maximum atomic E-state index is 12.3. The summed E-state index contributed by atoms with van der Waals surface area (Å²) >= 11 is 0. The summed E-state index contributed by atoms with van der Waals surface area (Å²) in [6, 6.07) is 9.45. The maximum Gasteiger partial charge on any atom is 0.224 e. The fraction of sp³-hybridized carbons (Fsp3) is 0.500. The Bertz CT molecular complexity index is 453. The van der Waals surface area contributed by atoms with Crippen molar-refractivity contribution in [1.82, 2.24) is 10.2 Å². The topological polar surface area (TPSA) is 49.4 Å². The van der Waals surface area contributed by atoms with Crippen molar-refractivity contribution < 1.29 is 9.59 Å². The first-order valence-corrected chi connectivity index (χ1v) is 7.26. The van der Waals surface area contributed by atoms with Crippen LogP contribution in [0.5, 0.6) is 0 Å². The molecule has 0 saturated carbocycles. The second-order valence-corrected chi connectivity index (χ2v) is 5.31. The lowest BCUT2D eigenvalue weighted by atomic mass is 10.0. The van der Waals surface area contributed by atoms with Gasteiger partial charge in [0.05, 0.1) is 12.5 Å². The zero-order valence-electron chi connectivity index (χ0n) is 12.0. The highest BCUT2D eigenvalue weighted by Crippen LogP contribution is 2.19. The number of hydrogen-bond donors (Lipinski definition) is 1. The average molecular weight is 274 g/mol. The maximum absolute atomic E-state index is 12.3. The average Bonchev–Trinajstić information content (AvgIpc) is 2.48. The van der Waals surface area contributed by atoms with E-state index in [-0.39, 0.29) is 17.9 Å². The molecule has 1 aliphatic heterocycles. The van der Waals surface area contributed by atoms with Gasteiger partial charge in [-0.3, -0.25) is 9.59 Å². The first kappa shape index (κ1) is 14.6. The van der Waals surface area contributed by atoms with Crippen molar-refractivity contribution >= 4 is 11.8 Å². The molecule has 2 amide bonds. The molecule has 0 bridgehead atoms. The van der Waals surface area contributed by atoms with E-state index in [0.29, 0.717) is 6.42 Å². The van der Waals surface area contributed by atoms with Crippen LogP contribution < -0.4 is 5.32 Å². The quantitative estimate of drug-likeness (QED) is 0.915. The highest BCUT2D eigenvalue weighted by molar-refractivity contribution is 5.79. The zero-order chi connectivity index (χ0) is 14.4. The molecule has 20 heavy (non-hydrogen) atoms. The molecule has 1 fully saturated rings. The standard InChI is InChI=1S/C16H22N2O2/c1-13(19)17-15(14-8-4-2-5-9-14)12-16(20)18-10-6-3-7-11-18/h2,4-5,8-9,15H,3,6-7,10-12H2,1H3,(H,17,19). The molecule has 1 heterocycles. The van der Waals surface area contributed by atoms with Gasteiger partial charge in [-0.2, -0.15) is 0 Å². The molecule has 0 radical (unpaired) electrons. The van der Waals surface area contributed by atoms with Gasteiger partial charge in [0, 0.05) is 20.0 Å². The molecule has 0 spiro atoms. The van der Waals surface area contributed by atoms with Gasteiger partial charge >= 0.3 is 0 Å². The van der Waals surface area contributed by atoms with E-state index in [1.807, 2.05) is 35.2 Å². The molecule has 2 rings (SSSR count). The lowest BCUT2D eigenvalue weighted by molar-refractivity contribution is -0.132. The monoisotopic (exact) mass is 274 g/mol. The number of nitrogens with zero attached hydrogens (tertiary/aromatic N) is 1. The normalized spacial score (nSPS) is 16.6. The molecule has 1 aromatic rings. The molecule has 4 heteroatoms. The summed E-state index contributed by atoms with van der Waals surface area (Å²) in [6.45, 7) is 3.18. The van der Waals surface area contributed by atoms with Gasteiger partial charge < -0.3 is 10.2 Å². The molecule has 1 aliphatic rings. The van der Waals surface area contributed by atoms with Gasteiger partial charge in [0.25, 0.3) is 0 Å². The SMILES string of the molecule is CC(=O)NC(CC(=O)N1CCCCC1)c1ccccc1. The molecule has 1 saturated heterocycles. The first-order chi connectivity index (χ1) is 9.66. The van der Waals surface area contributed by atoms with E-state index in [9.17, 15) is 9.59 Å². The largest absolute Gasteiger partial charge is 0.349 e. The van der Waals surface area contributed by atoms with Gasteiger partial charge in [0.1, 0.15) is 0 Å². The van der Waals surface area contributed by atoms with Crippen LogP contribution in [0.25, 0.3) is 0 Å². The summed E-state index contributed by atoms with van der Waals surface area (Å²) in [5.74, 6) is 0.0256. The van der Waals surface area contributed by atoms with Crippen molar-refractivity contribution in [3.05, 3.63) is 35.9 Å². The van der Waals surface area contributed by atoms with E-state index in [4.69, 9.17) is 0 Å². The smallest absolute Gasteiger partial charge is 0.224 e. The number of hydrogen-bond acceptors (Lipinski definition) is 2. The summed E-state index contributed by atoms with van der Waals surface area (Å²) < 4.78 is 0. The molecule has 4 nitrogen and oxygen atoms in total. The number of benzene rings is 1. The van der Waals surface area contributed by atoms with E-state index in [0.717, 1.165) is 31.5 Å². The van der Waals surface area contributed by atoms with Crippen LogP contribution in [0.1, 0.15) is 44.2 Å². The first-order valence-electron chi connectivity index (χ1n) is 7.26. The summed E-state index contributed by atoms with van der Waals surface area (Å²) in [6.07, 6.45) is 3.71. The Morgan fingerprint density at radius 2 is 1.80 bits per heavy atom. The lowest BCUT2D eigenvalue weighted by Crippen LogP contribution is -2.38. The van der Waals surface area contributed by atoms with E-state index >= 15 is 0 Å². The Hall–Kier alpha value is -1.84. The van der Waals surface area contributed by atoms with Crippen LogP contribution in [0.2, 0.25) is 0 Å². The van der Waals surface area contributed by atoms with Gasteiger partial charge in [-0.15, -0.1) is 0 Å². The summed E-state index contributed by atoms with van der Waals surface area (Å²) in [5, 5.41) is 2.88. The van der Waals surface area contributed by atoms with E-state index in [1.54, 1.807) is 0 Å². The predicted octanol–water partition coefficient (Wildman–Crippen LogP) is 2.27. The van der Waals surface area contributed by atoms with Crippen molar-refractivity contribution in [2.75, 3.05) is 13.1 Å². The van der Waals surface area contributed by atoms with Crippen molar-refractivity contribution in [1.29, 1.82) is 0 Å². The molecule has 1 atom stereocenters. The minimum absolute atomic E-state index is 0.106. The summed E-state index contributed by atoms with van der Waals surface area (Å²) in [5.41, 5.74) is 0.980. The van der Waals surface area contributed by atoms with Gasteiger partial charge in [-0.1, -0.05) is 30.3 Å². The Morgan fingerprint density at radius 3 is 2.40 bits per heavy atom. The minimum Gasteiger partial charge on any atom is -0.349 e. The van der Waals surface area contributed by atoms with E-state index in [1.165, 1.54) is 13.3 Å². The van der Waals surface area contributed by atoms with Crippen LogP contribution in [0.4, 0.5) is 0 Å². The van der Waals surface area contributed by atoms with Crippen LogP contribution >= 0.6 is 0 Å². The van der Waals surface area contributed by atoms with Crippen molar-refractivity contribution in [3.63, 3.8) is 0 Å². The van der Waals surface area contributed by atoms with Gasteiger partial charge in [-0.25, -0.2) is 0 Å². The molecule has 0 aromatic heterocycles. The van der Waals surface area contributed by atoms with Gasteiger partial charge in [0.15, 0.2) is 0 Å². The zero-order valence-corrected chi connectivity index (χ0v) is 12.0. The number of nitrogens with one attached hydrogen (secondary N) is 1. The number of piperidine rings is 1. The number of likely N-dealkylation sites (tertiary alicyclic amines) is 1. The predicted molar refractivity (Wildman–Crippen MR) is 78.0 cm³/mol. The van der Waals surface area contributed by atoms with E-state index < -0.39 is 0 Å². The Kier molecular flexibility index (Phi) is 5.16. The van der Waals surface area contributed by atoms with Crippen LogP contribution in [-0.4, -0.2) is 29.8 Å². The Labute approximate surface area is 120 Å². The van der Waals surface area contributed by atoms with E-state index in [2.05, 4.69) is 5.32 Å². The minimum atomic E-state index is -0.233. The molecule has 1 unspecified atom stereocenters. The molecule has 0 aliphatic carbocycles. The molecule has 108 valence electrons. The number of rotatable bonds is 4. The molecule has 1 aromatic carbocycles. The molecular formula is C16H22N2O2.